The van der Waals surface area contributed by atoms with E-state index in [2.05, 4.69) is 11.8 Å². The maximum atomic E-state index is 10.7. The molecule has 0 amide bonds. The molecule has 2 saturated heterocycles. The van der Waals surface area contributed by atoms with Crippen molar-refractivity contribution in [1.29, 1.82) is 0 Å². The van der Waals surface area contributed by atoms with Gasteiger partial charge in [-0.25, -0.2) is 0 Å². The summed E-state index contributed by atoms with van der Waals surface area (Å²) in [7, 11) is 0. The summed E-state index contributed by atoms with van der Waals surface area (Å²) in [6.45, 7) is 3.09. The summed E-state index contributed by atoms with van der Waals surface area (Å²) in [5.41, 5.74) is -2.15. The summed E-state index contributed by atoms with van der Waals surface area (Å²) in [5.74, 6) is 0. The Bertz CT molecular complexity index is 358. The van der Waals surface area contributed by atoms with Crippen molar-refractivity contribution in [3.05, 3.63) is 17.0 Å². The van der Waals surface area contributed by atoms with Crippen LogP contribution in [-0.2, 0) is 19.1 Å². The Morgan fingerprint density at radius 2 is 2.22 bits per heavy atom. The fourth-order valence-electron chi connectivity index (χ4n) is 2.17. The smallest absolute Gasteiger partial charge is 0.294 e. The number of aliphatic hydroxyl groups is 2. The van der Waals surface area contributed by atoms with Crippen molar-refractivity contribution in [1.82, 2.24) is 0 Å². The second-order valence-corrected chi connectivity index (χ2v) is 4.29. The topological polar surface area (TPSA) is 128 Å². The van der Waals surface area contributed by atoms with Crippen molar-refractivity contribution < 1.29 is 34.4 Å². The standard InChI is InChI=1S/C9H12NO8/c1-9(13,3-11)8-5(12)7-6(17-8)4(2-16-7)18-10(14)15/h3-8,12-13H,1-2H2/t4-,5+,6+,7-,8?,9?/m0/s1. The van der Waals surface area contributed by atoms with E-state index < -0.39 is 41.2 Å². The molecule has 9 nitrogen and oxygen atoms in total. The van der Waals surface area contributed by atoms with Gasteiger partial charge in [-0.05, 0) is 6.92 Å². The van der Waals surface area contributed by atoms with Gasteiger partial charge in [0, 0.05) is 0 Å². The third-order valence-electron chi connectivity index (χ3n) is 3.01. The van der Waals surface area contributed by atoms with E-state index in [-0.39, 0.29) is 12.9 Å². The van der Waals surface area contributed by atoms with E-state index in [1.165, 1.54) is 0 Å². The normalized spacial score (nSPS) is 42.1. The van der Waals surface area contributed by atoms with Crippen LogP contribution in [0.2, 0.25) is 0 Å². The molecule has 6 atom stereocenters. The lowest BCUT2D eigenvalue weighted by atomic mass is 9.95. The number of nitrogens with zero attached hydrogens (tertiary/aromatic N) is 1. The van der Waals surface area contributed by atoms with Gasteiger partial charge in [0.15, 0.2) is 12.4 Å². The van der Waals surface area contributed by atoms with E-state index in [9.17, 15) is 25.1 Å². The molecule has 0 aromatic heterocycles. The van der Waals surface area contributed by atoms with Gasteiger partial charge in [-0.15, -0.1) is 10.1 Å². The maximum absolute atomic E-state index is 10.7. The van der Waals surface area contributed by atoms with Gasteiger partial charge in [0.1, 0.15) is 30.0 Å². The number of ether oxygens (including phenoxy) is 2. The Morgan fingerprint density at radius 3 is 2.78 bits per heavy atom. The number of aldehydes is 1. The van der Waals surface area contributed by atoms with E-state index in [4.69, 9.17) is 9.47 Å². The quantitative estimate of drug-likeness (QED) is 0.333. The van der Waals surface area contributed by atoms with Crippen LogP contribution in [0.1, 0.15) is 0 Å². The highest BCUT2D eigenvalue weighted by Gasteiger charge is 2.58. The highest BCUT2D eigenvalue weighted by molar-refractivity contribution is 5.64. The van der Waals surface area contributed by atoms with Crippen LogP contribution < -0.4 is 0 Å². The zero-order valence-electron chi connectivity index (χ0n) is 9.17. The third kappa shape index (κ3) is 2.05. The van der Waals surface area contributed by atoms with Crippen molar-refractivity contribution >= 4 is 6.29 Å². The van der Waals surface area contributed by atoms with Gasteiger partial charge in [-0.1, -0.05) is 0 Å². The molecule has 9 heteroatoms. The van der Waals surface area contributed by atoms with Crippen LogP contribution in [0.15, 0.2) is 0 Å². The summed E-state index contributed by atoms with van der Waals surface area (Å²) in [4.78, 5) is 25.2. The summed E-state index contributed by atoms with van der Waals surface area (Å²) in [6.07, 6.45) is -5.33. The second-order valence-electron chi connectivity index (χ2n) is 4.29. The Hall–Kier alpha value is -1.29. The van der Waals surface area contributed by atoms with Gasteiger partial charge in [-0.3, -0.25) is 0 Å². The molecule has 2 aliphatic rings. The van der Waals surface area contributed by atoms with Gasteiger partial charge in [0.05, 0.1) is 6.61 Å². The average molecular weight is 262 g/mol. The SMILES string of the molecule is [CH2]C(O)(C=O)C1O[C@H]2[C@@H](OC[C@@H]2O[N+](=O)[O-])[C@H]1O. The van der Waals surface area contributed by atoms with E-state index in [1.807, 2.05) is 0 Å². The minimum Gasteiger partial charge on any atom is -0.387 e. The first-order valence-electron chi connectivity index (χ1n) is 5.17. The number of aliphatic hydroxyl groups excluding tert-OH is 1. The van der Waals surface area contributed by atoms with Gasteiger partial charge in [0.25, 0.3) is 5.09 Å². The highest BCUT2D eigenvalue weighted by Crippen LogP contribution is 2.36. The second kappa shape index (κ2) is 4.43. The molecule has 2 rings (SSSR count). The molecule has 0 aliphatic carbocycles. The molecule has 18 heavy (non-hydrogen) atoms. The number of fused-ring (bicyclic) bond motifs is 1. The summed E-state index contributed by atoms with van der Waals surface area (Å²) >= 11 is 0. The van der Waals surface area contributed by atoms with Crippen LogP contribution in [0.25, 0.3) is 0 Å². The number of rotatable bonds is 4. The predicted octanol–water partition coefficient (Wildman–Crippen LogP) is -2.15. The lowest BCUT2D eigenvalue weighted by Gasteiger charge is -2.27. The van der Waals surface area contributed by atoms with Crippen LogP contribution in [0.5, 0.6) is 0 Å². The number of hydrogen-bond donors (Lipinski definition) is 2. The number of carbonyl (C=O) groups excluding carboxylic acids is 1. The van der Waals surface area contributed by atoms with Crippen molar-refractivity contribution in [3.8, 4) is 0 Å². The van der Waals surface area contributed by atoms with Gasteiger partial charge in [0.2, 0.25) is 0 Å². The largest absolute Gasteiger partial charge is 0.387 e. The van der Waals surface area contributed by atoms with Crippen molar-refractivity contribution in [2.75, 3.05) is 6.61 Å². The molecule has 0 saturated carbocycles. The zero-order chi connectivity index (χ0) is 13.5. The molecule has 2 fully saturated rings. The first-order chi connectivity index (χ1) is 8.36. The van der Waals surface area contributed by atoms with Gasteiger partial charge >= 0.3 is 0 Å². The van der Waals surface area contributed by atoms with Crippen LogP contribution in [0.3, 0.4) is 0 Å². The molecule has 2 unspecified atom stereocenters. The van der Waals surface area contributed by atoms with Gasteiger partial charge in [-0.2, -0.15) is 0 Å². The van der Waals surface area contributed by atoms with Crippen molar-refractivity contribution in [2.45, 2.75) is 36.1 Å². The molecule has 0 bridgehead atoms. The third-order valence-corrected chi connectivity index (χ3v) is 3.01. The Morgan fingerprint density at radius 1 is 1.56 bits per heavy atom. The minimum absolute atomic E-state index is 0.114. The molecule has 101 valence electrons. The first kappa shape index (κ1) is 13.1. The van der Waals surface area contributed by atoms with Crippen LogP contribution in [-0.4, -0.2) is 64.3 Å². The Kier molecular flexibility index (Phi) is 3.23. The molecule has 2 N–H and O–H groups in total. The zero-order valence-corrected chi connectivity index (χ0v) is 9.17. The maximum Gasteiger partial charge on any atom is 0.294 e. The van der Waals surface area contributed by atoms with Crippen LogP contribution >= 0.6 is 0 Å². The van der Waals surface area contributed by atoms with E-state index >= 15 is 0 Å². The lowest BCUT2D eigenvalue weighted by Crippen LogP contribution is -2.49. The van der Waals surface area contributed by atoms with Crippen LogP contribution in [0.4, 0.5) is 0 Å². The molecule has 0 aromatic carbocycles. The van der Waals surface area contributed by atoms with E-state index in [0.29, 0.717) is 0 Å². The van der Waals surface area contributed by atoms with Gasteiger partial charge < -0.3 is 29.3 Å². The first-order valence-corrected chi connectivity index (χ1v) is 5.17. The Balaban J connectivity index is 2.11. The molecule has 1 radical (unpaired) electrons. The number of hydrogen-bond acceptors (Lipinski definition) is 8. The molecular formula is C9H12NO8. The van der Waals surface area contributed by atoms with Crippen molar-refractivity contribution in [2.24, 2.45) is 0 Å². The summed E-state index contributed by atoms with van der Waals surface area (Å²) < 4.78 is 10.3. The molecule has 0 spiro atoms. The summed E-state index contributed by atoms with van der Waals surface area (Å²) in [5, 5.41) is 28.7. The fourth-order valence-corrected chi connectivity index (χ4v) is 2.17. The average Bonchev–Trinajstić information content (AvgIpc) is 2.81. The minimum atomic E-state index is -2.15. The fraction of sp³-hybridized carbons (Fsp3) is 0.778. The Labute approximate surface area is 101 Å². The highest BCUT2D eigenvalue weighted by atomic mass is 17.0. The molecular weight excluding hydrogens is 250 g/mol. The van der Waals surface area contributed by atoms with E-state index in [0.717, 1.165) is 0 Å². The molecule has 2 heterocycles. The van der Waals surface area contributed by atoms with E-state index in [1.54, 1.807) is 0 Å². The van der Waals surface area contributed by atoms with Crippen LogP contribution in [0, 0.1) is 17.0 Å². The lowest BCUT2D eigenvalue weighted by molar-refractivity contribution is -0.769. The number of carbonyl (C=O) groups is 1. The molecule has 0 aromatic rings. The monoisotopic (exact) mass is 262 g/mol. The predicted molar refractivity (Wildman–Crippen MR) is 52.6 cm³/mol. The molecule has 2 aliphatic heterocycles. The van der Waals surface area contributed by atoms with Crippen molar-refractivity contribution in [3.63, 3.8) is 0 Å². The summed E-state index contributed by atoms with van der Waals surface area (Å²) in [6, 6.07) is 0.